The highest BCUT2D eigenvalue weighted by Crippen LogP contribution is 2.22. The Labute approximate surface area is 77.7 Å². The fraction of sp³-hybridized carbons (Fsp3) is 0.667. The second kappa shape index (κ2) is 3.38. The molecule has 1 atom stereocenters. The SMILES string of the molecule is Cc1cn(C2CCCOC2)c(N)n1. The molecule has 1 aliphatic rings. The molecular formula is C9H15N3O. The zero-order chi connectivity index (χ0) is 9.26. The fourth-order valence-corrected chi connectivity index (χ4v) is 1.77. The van der Waals surface area contributed by atoms with Gasteiger partial charge in [-0.05, 0) is 19.8 Å². The van der Waals surface area contributed by atoms with Crippen LogP contribution in [-0.2, 0) is 4.74 Å². The molecule has 0 radical (unpaired) electrons. The van der Waals surface area contributed by atoms with E-state index < -0.39 is 0 Å². The van der Waals surface area contributed by atoms with Crippen molar-refractivity contribution >= 4 is 5.95 Å². The average molecular weight is 181 g/mol. The quantitative estimate of drug-likeness (QED) is 0.706. The molecule has 0 amide bonds. The summed E-state index contributed by atoms with van der Waals surface area (Å²) >= 11 is 0. The van der Waals surface area contributed by atoms with Gasteiger partial charge in [0.1, 0.15) is 0 Å². The number of nitrogens with two attached hydrogens (primary N) is 1. The van der Waals surface area contributed by atoms with E-state index >= 15 is 0 Å². The highest BCUT2D eigenvalue weighted by atomic mass is 16.5. The van der Waals surface area contributed by atoms with Crippen LogP contribution in [0.5, 0.6) is 0 Å². The van der Waals surface area contributed by atoms with Crippen LogP contribution in [0.25, 0.3) is 0 Å². The summed E-state index contributed by atoms with van der Waals surface area (Å²) in [6.07, 6.45) is 4.25. The number of nitrogen functional groups attached to an aromatic ring is 1. The first-order chi connectivity index (χ1) is 6.27. The normalized spacial score (nSPS) is 23.3. The lowest BCUT2D eigenvalue weighted by atomic mass is 10.1. The van der Waals surface area contributed by atoms with Gasteiger partial charge < -0.3 is 15.0 Å². The minimum Gasteiger partial charge on any atom is -0.379 e. The third kappa shape index (κ3) is 1.67. The van der Waals surface area contributed by atoms with Gasteiger partial charge in [0, 0.05) is 12.8 Å². The van der Waals surface area contributed by atoms with Crippen molar-refractivity contribution in [1.82, 2.24) is 9.55 Å². The maximum Gasteiger partial charge on any atom is 0.200 e. The predicted octanol–water partition coefficient (Wildman–Crippen LogP) is 1.13. The molecule has 2 rings (SSSR count). The van der Waals surface area contributed by atoms with Gasteiger partial charge in [0.25, 0.3) is 0 Å². The van der Waals surface area contributed by atoms with Crippen LogP contribution in [0.3, 0.4) is 0 Å². The van der Waals surface area contributed by atoms with Crippen molar-refractivity contribution in [3.8, 4) is 0 Å². The number of ether oxygens (including phenoxy) is 1. The summed E-state index contributed by atoms with van der Waals surface area (Å²) in [7, 11) is 0. The van der Waals surface area contributed by atoms with Crippen molar-refractivity contribution in [3.63, 3.8) is 0 Å². The third-order valence-corrected chi connectivity index (χ3v) is 2.41. The summed E-state index contributed by atoms with van der Waals surface area (Å²) in [6, 6.07) is 0.384. The Kier molecular flexibility index (Phi) is 2.22. The van der Waals surface area contributed by atoms with Gasteiger partial charge in [-0.3, -0.25) is 0 Å². The van der Waals surface area contributed by atoms with Crippen LogP contribution in [0.1, 0.15) is 24.6 Å². The van der Waals surface area contributed by atoms with Gasteiger partial charge in [0.15, 0.2) is 0 Å². The molecule has 1 saturated heterocycles. The number of anilines is 1. The maximum atomic E-state index is 5.77. The number of nitrogens with zero attached hydrogens (tertiary/aromatic N) is 2. The molecule has 1 fully saturated rings. The van der Waals surface area contributed by atoms with Gasteiger partial charge in [0.05, 0.1) is 18.3 Å². The third-order valence-electron chi connectivity index (χ3n) is 2.41. The van der Waals surface area contributed by atoms with E-state index in [1.807, 2.05) is 17.7 Å². The standard InChI is InChI=1S/C9H15N3O/c1-7-5-12(9(10)11-7)8-3-2-4-13-6-8/h5,8H,2-4,6H2,1H3,(H2,10,11). The van der Waals surface area contributed by atoms with Gasteiger partial charge in [-0.25, -0.2) is 4.98 Å². The smallest absolute Gasteiger partial charge is 0.200 e. The Balaban J connectivity index is 2.18. The Morgan fingerprint density at radius 3 is 3.08 bits per heavy atom. The van der Waals surface area contributed by atoms with Crippen molar-refractivity contribution in [1.29, 1.82) is 0 Å². The number of imidazole rings is 1. The summed E-state index contributed by atoms with van der Waals surface area (Å²) in [6.45, 7) is 3.60. The molecular weight excluding hydrogens is 166 g/mol. The Hall–Kier alpha value is -1.03. The Bertz CT molecular complexity index is 289. The average Bonchev–Trinajstić information content (AvgIpc) is 2.47. The largest absolute Gasteiger partial charge is 0.379 e. The van der Waals surface area contributed by atoms with Crippen LogP contribution in [0.2, 0.25) is 0 Å². The molecule has 4 nitrogen and oxygen atoms in total. The van der Waals surface area contributed by atoms with Crippen molar-refractivity contribution in [2.45, 2.75) is 25.8 Å². The minimum absolute atomic E-state index is 0.384. The molecule has 4 heteroatoms. The Morgan fingerprint density at radius 1 is 1.69 bits per heavy atom. The lowest BCUT2D eigenvalue weighted by Crippen LogP contribution is -2.21. The van der Waals surface area contributed by atoms with E-state index in [-0.39, 0.29) is 0 Å². The zero-order valence-corrected chi connectivity index (χ0v) is 7.86. The molecule has 1 aromatic heterocycles. The number of aryl methyl sites for hydroxylation is 1. The molecule has 0 aliphatic carbocycles. The number of rotatable bonds is 1. The summed E-state index contributed by atoms with van der Waals surface area (Å²) in [5.41, 5.74) is 6.74. The molecule has 2 N–H and O–H groups in total. The monoisotopic (exact) mass is 181 g/mol. The second-order valence-electron chi connectivity index (χ2n) is 3.52. The van der Waals surface area contributed by atoms with E-state index in [2.05, 4.69) is 4.98 Å². The highest BCUT2D eigenvalue weighted by Gasteiger charge is 2.17. The summed E-state index contributed by atoms with van der Waals surface area (Å²) in [4.78, 5) is 4.17. The van der Waals surface area contributed by atoms with Gasteiger partial charge in [0.2, 0.25) is 5.95 Å². The van der Waals surface area contributed by atoms with Gasteiger partial charge in [-0.2, -0.15) is 0 Å². The minimum atomic E-state index is 0.384. The molecule has 1 aliphatic heterocycles. The molecule has 0 aromatic carbocycles. The number of hydrogen-bond donors (Lipinski definition) is 1. The van der Waals surface area contributed by atoms with Crippen LogP contribution in [0.4, 0.5) is 5.95 Å². The molecule has 1 aromatic rings. The highest BCUT2D eigenvalue weighted by molar-refractivity contribution is 5.22. The van der Waals surface area contributed by atoms with Crippen molar-refractivity contribution < 1.29 is 4.74 Å². The lowest BCUT2D eigenvalue weighted by molar-refractivity contribution is 0.0598. The van der Waals surface area contributed by atoms with Crippen LogP contribution in [-0.4, -0.2) is 22.8 Å². The summed E-state index contributed by atoms with van der Waals surface area (Å²) < 4.78 is 7.42. The molecule has 2 heterocycles. The maximum absolute atomic E-state index is 5.77. The van der Waals surface area contributed by atoms with Crippen LogP contribution in [0.15, 0.2) is 6.20 Å². The predicted molar refractivity (Wildman–Crippen MR) is 50.5 cm³/mol. The Morgan fingerprint density at radius 2 is 2.54 bits per heavy atom. The summed E-state index contributed by atoms with van der Waals surface area (Å²) in [5, 5.41) is 0. The molecule has 1 unspecified atom stereocenters. The molecule has 0 spiro atoms. The molecule has 13 heavy (non-hydrogen) atoms. The van der Waals surface area contributed by atoms with Crippen LogP contribution < -0.4 is 5.73 Å². The van der Waals surface area contributed by atoms with Crippen molar-refractivity contribution in [3.05, 3.63) is 11.9 Å². The van der Waals surface area contributed by atoms with Crippen molar-refractivity contribution in [2.24, 2.45) is 0 Å². The first-order valence-corrected chi connectivity index (χ1v) is 4.66. The summed E-state index contributed by atoms with van der Waals surface area (Å²) in [5.74, 6) is 0.605. The number of aromatic nitrogens is 2. The molecule has 72 valence electrons. The first-order valence-electron chi connectivity index (χ1n) is 4.66. The topological polar surface area (TPSA) is 53.1 Å². The van der Waals surface area contributed by atoms with E-state index in [0.717, 1.165) is 31.7 Å². The van der Waals surface area contributed by atoms with Crippen molar-refractivity contribution in [2.75, 3.05) is 18.9 Å². The van der Waals surface area contributed by atoms with Gasteiger partial charge in [-0.1, -0.05) is 0 Å². The molecule has 0 bridgehead atoms. The zero-order valence-electron chi connectivity index (χ0n) is 7.86. The molecule has 0 saturated carbocycles. The van der Waals surface area contributed by atoms with E-state index in [1.165, 1.54) is 0 Å². The van der Waals surface area contributed by atoms with E-state index in [4.69, 9.17) is 10.5 Å². The van der Waals surface area contributed by atoms with Crippen LogP contribution >= 0.6 is 0 Å². The van der Waals surface area contributed by atoms with Gasteiger partial charge >= 0.3 is 0 Å². The van der Waals surface area contributed by atoms with E-state index in [9.17, 15) is 0 Å². The van der Waals surface area contributed by atoms with Crippen LogP contribution in [0, 0.1) is 6.92 Å². The van der Waals surface area contributed by atoms with Gasteiger partial charge in [-0.15, -0.1) is 0 Å². The first kappa shape index (κ1) is 8.56. The van der Waals surface area contributed by atoms with E-state index in [1.54, 1.807) is 0 Å². The number of hydrogen-bond acceptors (Lipinski definition) is 3. The second-order valence-corrected chi connectivity index (χ2v) is 3.52. The fourth-order valence-electron chi connectivity index (χ4n) is 1.77. The van der Waals surface area contributed by atoms with E-state index in [0.29, 0.717) is 12.0 Å². The lowest BCUT2D eigenvalue weighted by Gasteiger charge is -2.23.